The van der Waals surface area contributed by atoms with Crippen LogP contribution in [0.25, 0.3) is 22.3 Å². The topological polar surface area (TPSA) is 245 Å². The van der Waals surface area contributed by atoms with Gasteiger partial charge in [0.2, 0.25) is 11.8 Å². The molecule has 4 aromatic carbocycles. The van der Waals surface area contributed by atoms with Gasteiger partial charge in [-0.1, -0.05) is 72.8 Å². The van der Waals surface area contributed by atoms with Crippen LogP contribution in [0.1, 0.15) is 84.8 Å². The minimum atomic E-state index is -0.704. The molecule has 6 N–H and O–H groups in total. The Hall–Kier alpha value is -7.87. The lowest BCUT2D eigenvalue weighted by molar-refractivity contribution is -0.118. The largest absolute Gasteiger partial charge is 0.497 e. The zero-order chi connectivity index (χ0) is 53.5. The fraction of sp³-hybridized carbons (Fsp3) is 0.407. The molecule has 10 rings (SSSR count). The van der Waals surface area contributed by atoms with Crippen molar-refractivity contribution in [1.29, 1.82) is 10.5 Å². The molecule has 0 radical (unpaired) electrons. The number of nitrogens with one attached hydrogen (secondary N) is 2. The molecule has 18 nitrogen and oxygen atoms in total. The van der Waals surface area contributed by atoms with Gasteiger partial charge in [-0.2, -0.15) is 20.7 Å². The van der Waals surface area contributed by atoms with E-state index in [2.05, 4.69) is 81.1 Å². The number of anilines is 2. The van der Waals surface area contributed by atoms with Crippen LogP contribution in [0.5, 0.6) is 11.5 Å². The lowest BCUT2D eigenvalue weighted by Gasteiger charge is -2.40. The molecule has 4 heterocycles. The average Bonchev–Trinajstić information content (AvgIpc) is 4.38. The fourth-order valence-corrected chi connectivity index (χ4v) is 10.8. The van der Waals surface area contributed by atoms with Gasteiger partial charge in [-0.05, 0) is 103 Å². The number of hydrogen-bond acceptors (Lipinski definition) is 13. The molecule has 2 aliphatic carbocycles. The van der Waals surface area contributed by atoms with Crippen LogP contribution < -0.4 is 31.6 Å². The number of nitrogens with zero attached hydrogens (tertiary/aromatic N) is 8. The monoisotopic (exact) mass is 1040 g/mol. The summed E-state index contributed by atoms with van der Waals surface area (Å²) in [5.74, 6) is 0.804. The Kier molecular flexibility index (Phi) is 15.8. The van der Waals surface area contributed by atoms with Gasteiger partial charge in [0.05, 0.1) is 63.1 Å². The summed E-state index contributed by atoms with van der Waals surface area (Å²) < 4.78 is 20.6. The van der Waals surface area contributed by atoms with Crippen molar-refractivity contribution >= 4 is 29.4 Å². The lowest BCUT2D eigenvalue weighted by Crippen LogP contribution is -2.46. The van der Waals surface area contributed by atoms with E-state index in [-0.39, 0.29) is 60.7 Å². The Morgan fingerprint density at radius 1 is 0.701 bits per heavy atom. The van der Waals surface area contributed by atoms with Gasteiger partial charge >= 0.3 is 0 Å². The summed E-state index contributed by atoms with van der Waals surface area (Å²) in [6.45, 7) is 5.13. The van der Waals surface area contributed by atoms with E-state index in [1.54, 1.807) is 18.0 Å². The number of nitrogens with two attached hydrogens (primary N) is 2. The third kappa shape index (κ3) is 12.2. The highest BCUT2D eigenvalue weighted by atomic mass is 16.5. The van der Waals surface area contributed by atoms with Crippen LogP contribution in [-0.2, 0) is 45.1 Å². The van der Waals surface area contributed by atoms with Gasteiger partial charge in [0.1, 0.15) is 17.1 Å². The van der Waals surface area contributed by atoms with Crippen LogP contribution in [0.4, 0.5) is 11.6 Å². The van der Waals surface area contributed by atoms with Gasteiger partial charge in [0.15, 0.2) is 11.6 Å². The summed E-state index contributed by atoms with van der Waals surface area (Å²) in [5.41, 5.74) is 17.8. The standard InChI is InChI=1S/C59H66N12O6/c1-75-49-17-15-43(16-18-49)42-9-5-40(6-10-42)33-69-29-23-59(20-26-61,24-30-69)71-36-52(53(63)72)55(67-71)65-57(74)51-32-47(51)38-77-50-4-2-3-46(31-50)44-11-7-41(8-12-44)34-68-27-21-58(19-25-60,22-28-68)70-35-48(37-76-39-62)54(66-70)64-56(73)45-13-14-45/h2-12,15-18,31,35-36,45,47,51H,13-14,19-24,27-30,32-34,37-39,62H2,1H3,(H2,63,72)(H,64,66,73)(H,65,67,74). The first kappa shape index (κ1) is 52.6. The predicted octanol–water partition coefficient (Wildman–Crippen LogP) is 7.77. The highest BCUT2D eigenvalue weighted by Gasteiger charge is 2.45. The molecule has 2 aliphatic heterocycles. The van der Waals surface area contributed by atoms with E-state index in [9.17, 15) is 24.9 Å². The van der Waals surface area contributed by atoms with E-state index < -0.39 is 17.0 Å². The van der Waals surface area contributed by atoms with Gasteiger partial charge in [0, 0.05) is 75.0 Å². The Balaban J connectivity index is 0.699. The van der Waals surface area contributed by atoms with Crippen molar-refractivity contribution in [2.75, 3.05) is 57.3 Å². The Morgan fingerprint density at radius 2 is 1.25 bits per heavy atom. The number of carbonyl (C=O) groups excluding carboxylic acids is 3. The molecule has 2 saturated heterocycles. The summed E-state index contributed by atoms with van der Waals surface area (Å²) >= 11 is 0. The first-order valence-electron chi connectivity index (χ1n) is 26.6. The molecule has 4 aliphatic rings. The molecule has 77 heavy (non-hydrogen) atoms. The van der Waals surface area contributed by atoms with Crippen molar-refractivity contribution in [3.05, 3.63) is 132 Å². The minimum absolute atomic E-state index is 0.0187. The third-order valence-electron chi connectivity index (χ3n) is 16.0. The molecule has 6 aromatic rings. The zero-order valence-corrected chi connectivity index (χ0v) is 43.5. The molecule has 2 aromatic heterocycles. The maximum absolute atomic E-state index is 13.6. The van der Waals surface area contributed by atoms with Crippen LogP contribution in [0.2, 0.25) is 0 Å². The predicted molar refractivity (Wildman–Crippen MR) is 290 cm³/mol. The number of primary amides is 1. The number of ether oxygens (including phenoxy) is 3. The molecule has 2 saturated carbocycles. The number of rotatable bonds is 22. The second-order valence-corrected chi connectivity index (χ2v) is 21.1. The maximum Gasteiger partial charge on any atom is 0.254 e. The summed E-state index contributed by atoms with van der Waals surface area (Å²) in [7, 11) is 1.66. The molecule has 4 fully saturated rings. The quantitative estimate of drug-likeness (QED) is 0.0476. The van der Waals surface area contributed by atoms with E-state index in [4.69, 9.17) is 35.9 Å². The van der Waals surface area contributed by atoms with Crippen molar-refractivity contribution in [3.63, 3.8) is 0 Å². The summed E-state index contributed by atoms with van der Waals surface area (Å²) in [4.78, 5) is 43.8. The van der Waals surface area contributed by atoms with Crippen molar-refractivity contribution in [2.45, 2.75) is 88.6 Å². The van der Waals surface area contributed by atoms with E-state index in [1.807, 2.05) is 59.4 Å². The van der Waals surface area contributed by atoms with Crippen LogP contribution in [0, 0.1) is 40.4 Å². The van der Waals surface area contributed by atoms with Gasteiger partial charge in [-0.15, -0.1) is 0 Å². The van der Waals surface area contributed by atoms with Gasteiger partial charge < -0.3 is 36.3 Å². The molecule has 0 bridgehead atoms. The maximum atomic E-state index is 13.6. The number of piperidine rings is 2. The number of nitriles is 2. The molecule has 398 valence electrons. The van der Waals surface area contributed by atoms with Crippen LogP contribution in [0.3, 0.4) is 0 Å². The molecule has 18 heteroatoms. The van der Waals surface area contributed by atoms with Crippen LogP contribution in [0.15, 0.2) is 109 Å². The number of hydrogen-bond donors (Lipinski definition) is 4. The van der Waals surface area contributed by atoms with Crippen molar-refractivity contribution in [1.82, 2.24) is 29.4 Å². The second-order valence-electron chi connectivity index (χ2n) is 21.1. The number of carbonyl (C=O) groups is 3. The highest BCUT2D eigenvalue weighted by Crippen LogP contribution is 2.42. The Bertz CT molecular complexity index is 3140. The van der Waals surface area contributed by atoms with Gasteiger partial charge in [-0.25, -0.2) is 0 Å². The van der Waals surface area contributed by atoms with Crippen LogP contribution >= 0.6 is 0 Å². The summed E-state index contributed by atoms with van der Waals surface area (Å²) in [6, 6.07) is 37.7. The Morgan fingerprint density at radius 3 is 1.79 bits per heavy atom. The fourth-order valence-electron chi connectivity index (χ4n) is 10.8. The first-order valence-corrected chi connectivity index (χ1v) is 26.6. The SMILES string of the molecule is COc1ccc(-c2ccc(CN3CCC(CC#N)(n4cc(C(N)=O)c(NC(=O)C5CC5COc5cccc(-c6ccc(CN7CCC(CC#N)(n8cc(COCN)c(NC(=O)C9CC9)n8)CC7)cc6)c5)n4)CC3)cc2)cc1. The lowest BCUT2D eigenvalue weighted by atomic mass is 9.84. The minimum Gasteiger partial charge on any atom is -0.497 e. The van der Waals surface area contributed by atoms with Crippen LogP contribution in [-0.4, -0.2) is 93.7 Å². The van der Waals surface area contributed by atoms with Gasteiger partial charge in [-0.3, -0.25) is 33.5 Å². The van der Waals surface area contributed by atoms with Gasteiger partial charge in [0.25, 0.3) is 5.91 Å². The first-order chi connectivity index (χ1) is 37.5. The Labute approximate surface area is 448 Å². The molecular weight excluding hydrogens is 973 g/mol. The van der Waals surface area contributed by atoms with E-state index in [0.29, 0.717) is 43.9 Å². The molecule has 3 amide bonds. The van der Waals surface area contributed by atoms with E-state index in [1.165, 1.54) is 11.1 Å². The number of amides is 3. The zero-order valence-electron chi connectivity index (χ0n) is 43.5. The molecular formula is C59H66N12O6. The summed E-state index contributed by atoms with van der Waals surface area (Å²) in [6.07, 6.45) is 9.10. The normalized spacial score (nSPS) is 18.9. The van der Waals surface area contributed by atoms with E-state index >= 15 is 0 Å². The third-order valence-corrected chi connectivity index (χ3v) is 16.0. The average molecular weight is 1040 g/mol. The number of aromatic nitrogens is 4. The molecule has 2 unspecified atom stereocenters. The number of likely N-dealkylation sites (tertiary alicyclic amines) is 2. The highest BCUT2D eigenvalue weighted by molar-refractivity contribution is 6.03. The summed E-state index contributed by atoms with van der Waals surface area (Å²) in [5, 5.41) is 35.3. The number of benzene rings is 4. The van der Waals surface area contributed by atoms with Crippen molar-refractivity contribution < 1.29 is 28.6 Å². The second kappa shape index (κ2) is 23.2. The molecule has 2 atom stereocenters. The van der Waals surface area contributed by atoms with Crippen molar-refractivity contribution in [2.24, 2.45) is 29.2 Å². The van der Waals surface area contributed by atoms with Crippen molar-refractivity contribution in [3.8, 4) is 45.9 Å². The molecule has 0 spiro atoms. The smallest absolute Gasteiger partial charge is 0.254 e. The number of methoxy groups -OCH3 is 1. The van der Waals surface area contributed by atoms with E-state index in [0.717, 1.165) is 98.5 Å².